The smallest absolute Gasteiger partial charge is 0.198 e. The minimum atomic E-state index is -0.307. The second-order valence-electron chi connectivity index (χ2n) is 5.15. The van der Waals surface area contributed by atoms with Crippen LogP contribution in [0, 0.1) is 5.82 Å². The lowest BCUT2D eigenvalue weighted by atomic mass is 9.96. The Bertz CT molecular complexity index is 612. The molecule has 19 heavy (non-hydrogen) atoms. The van der Waals surface area contributed by atoms with Crippen molar-refractivity contribution in [1.82, 2.24) is 4.98 Å². The molecule has 1 aliphatic carbocycles. The highest BCUT2D eigenvalue weighted by Crippen LogP contribution is 2.27. The number of aromatic hydroxyl groups is 1. The van der Waals surface area contributed by atoms with Crippen LogP contribution in [0.25, 0.3) is 10.9 Å². The lowest BCUT2D eigenvalue weighted by Gasteiger charge is -2.16. The summed E-state index contributed by atoms with van der Waals surface area (Å²) in [5, 5.41) is 10.6. The van der Waals surface area contributed by atoms with E-state index in [0.717, 1.165) is 18.4 Å². The number of benzene rings is 1. The van der Waals surface area contributed by atoms with Crippen LogP contribution in [0.3, 0.4) is 0 Å². The molecule has 1 saturated carbocycles. The molecular formula is C15H17FN2O. The summed E-state index contributed by atoms with van der Waals surface area (Å²) in [6.07, 6.45) is 7.62. The average molecular weight is 260 g/mol. The summed E-state index contributed by atoms with van der Waals surface area (Å²) in [6, 6.07) is 4.77. The fourth-order valence-corrected chi connectivity index (χ4v) is 2.71. The first-order valence-corrected chi connectivity index (χ1v) is 6.77. The standard InChI is InChI=1S/C15H17FN2O/c16-10-6-7-14-12(8-10)13(15(19)18-14)9-17-11-4-2-1-3-5-11/h6-9,11,18-19H,1-5H2. The van der Waals surface area contributed by atoms with E-state index in [-0.39, 0.29) is 11.7 Å². The normalized spacial score (nSPS) is 17.5. The molecule has 1 aromatic heterocycles. The van der Waals surface area contributed by atoms with Gasteiger partial charge in [-0.25, -0.2) is 4.39 Å². The molecule has 0 bridgehead atoms. The molecule has 3 nitrogen and oxygen atoms in total. The number of hydrogen-bond donors (Lipinski definition) is 2. The topological polar surface area (TPSA) is 48.4 Å². The molecule has 0 saturated heterocycles. The van der Waals surface area contributed by atoms with Crippen LogP contribution in [-0.4, -0.2) is 22.3 Å². The monoisotopic (exact) mass is 260 g/mol. The van der Waals surface area contributed by atoms with Gasteiger partial charge < -0.3 is 10.1 Å². The molecule has 3 rings (SSSR count). The van der Waals surface area contributed by atoms with Crippen molar-refractivity contribution in [2.24, 2.45) is 4.99 Å². The molecule has 0 unspecified atom stereocenters. The third-order valence-electron chi connectivity index (χ3n) is 3.77. The maximum atomic E-state index is 13.3. The number of hydrogen-bond acceptors (Lipinski definition) is 2. The average Bonchev–Trinajstić information content (AvgIpc) is 2.73. The second-order valence-corrected chi connectivity index (χ2v) is 5.15. The molecule has 1 fully saturated rings. The van der Waals surface area contributed by atoms with Gasteiger partial charge in [0.25, 0.3) is 0 Å². The van der Waals surface area contributed by atoms with E-state index in [4.69, 9.17) is 0 Å². The fraction of sp³-hybridized carbons (Fsp3) is 0.400. The van der Waals surface area contributed by atoms with Crippen molar-refractivity contribution in [1.29, 1.82) is 0 Å². The van der Waals surface area contributed by atoms with E-state index >= 15 is 0 Å². The van der Waals surface area contributed by atoms with Crippen LogP contribution in [0.2, 0.25) is 0 Å². The molecule has 1 aliphatic rings. The summed E-state index contributed by atoms with van der Waals surface area (Å²) in [6.45, 7) is 0. The molecule has 0 atom stereocenters. The van der Waals surface area contributed by atoms with Gasteiger partial charge in [0, 0.05) is 23.2 Å². The van der Waals surface area contributed by atoms with Crippen molar-refractivity contribution in [2.45, 2.75) is 38.1 Å². The largest absolute Gasteiger partial charge is 0.494 e. The summed E-state index contributed by atoms with van der Waals surface area (Å²) >= 11 is 0. The first-order valence-electron chi connectivity index (χ1n) is 6.77. The number of nitrogens with one attached hydrogen (secondary N) is 1. The van der Waals surface area contributed by atoms with E-state index < -0.39 is 0 Å². The maximum absolute atomic E-state index is 13.3. The lowest BCUT2D eigenvalue weighted by Crippen LogP contribution is -2.09. The number of aromatic nitrogens is 1. The maximum Gasteiger partial charge on any atom is 0.198 e. The molecule has 100 valence electrons. The summed E-state index contributed by atoms with van der Waals surface area (Å²) in [4.78, 5) is 7.38. The summed E-state index contributed by atoms with van der Waals surface area (Å²) in [5.74, 6) is -0.251. The van der Waals surface area contributed by atoms with Gasteiger partial charge in [0.1, 0.15) is 5.82 Å². The Labute approximate surface area is 111 Å². The molecule has 1 heterocycles. The number of H-pyrrole nitrogens is 1. The first kappa shape index (κ1) is 12.2. The van der Waals surface area contributed by atoms with E-state index in [1.165, 1.54) is 31.4 Å². The van der Waals surface area contributed by atoms with Crippen molar-refractivity contribution in [3.8, 4) is 5.88 Å². The van der Waals surface area contributed by atoms with Crippen molar-refractivity contribution >= 4 is 17.1 Å². The van der Waals surface area contributed by atoms with Crippen molar-refractivity contribution in [3.63, 3.8) is 0 Å². The van der Waals surface area contributed by atoms with E-state index in [2.05, 4.69) is 9.98 Å². The van der Waals surface area contributed by atoms with Crippen LogP contribution in [-0.2, 0) is 0 Å². The first-order chi connectivity index (χ1) is 9.24. The van der Waals surface area contributed by atoms with Crippen LogP contribution in [0.5, 0.6) is 5.88 Å². The molecular weight excluding hydrogens is 243 g/mol. The molecule has 0 amide bonds. The number of nitrogens with zero attached hydrogens (tertiary/aromatic N) is 1. The summed E-state index contributed by atoms with van der Waals surface area (Å²) in [7, 11) is 0. The molecule has 2 aromatic rings. The fourth-order valence-electron chi connectivity index (χ4n) is 2.71. The Balaban J connectivity index is 1.92. The zero-order valence-electron chi connectivity index (χ0n) is 10.7. The van der Waals surface area contributed by atoms with Gasteiger partial charge in [-0.2, -0.15) is 0 Å². The highest BCUT2D eigenvalue weighted by molar-refractivity contribution is 6.02. The minimum Gasteiger partial charge on any atom is -0.494 e. The zero-order chi connectivity index (χ0) is 13.2. The van der Waals surface area contributed by atoms with Crippen LogP contribution in [0.1, 0.15) is 37.7 Å². The number of aliphatic imine (C=N–C) groups is 1. The highest BCUT2D eigenvalue weighted by Gasteiger charge is 2.13. The molecule has 4 heteroatoms. The zero-order valence-corrected chi connectivity index (χ0v) is 10.7. The third kappa shape index (κ3) is 2.48. The predicted octanol–water partition coefficient (Wildman–Crippen LogP) is 3.76. The summed E-state index contributed by atoms with van der Waals surface area (Å²) in [5.41, 5.74) is 1.31. The number of aromatic amines is 1. The summed E-state index contributed by atoms with van der Waals surface area (Å²) < 4.78 is 13.3. The van der Waals surface area contributed by atoms with Crippen molar-refractivity contribution in [2.75, 3.05) is 0 Å². The molecule has 0 aliphatic heterocycles. The van der Waals surface area contributed by atoms with Gasteiger partial charge in [-0.05, 0) is 31.0 Å². The van der Waals surface area contributed by atoms with E-state index in [1.54, 1.807) is 12.3 Å². The van der Waals surface area contributed by atoms with Crippen LogP contribution in [0.15, 0.2) is 23.2 Å². The number of halogens is 1. The van der Waals surface area contributed by atoms with Crippen molar-refractivity contribution in [3.05, 3.63) is 29.6 Å². The molecule has 0 spiro atoms. The van der Waals surface area contributed by atoms with Crippen molar-refractivity contribution < 1.29 is 9.50 Å². The quantitative estimate of drug-likeness (QED) is 0.793. The van der Waals surface area contributed by atoms with Gasteiger partial charge in [0.15, 0.2) is 5.88 Å². The van der Waals surface area contributed by atoms with Crippen LogP contribution in [0.4, 0.5) is 4.39 Å². The Hall–Kier alpha value is -1.84. The highest BCUT2D eigenvalue weighted by atomic mass is 19.1. The SMILES string of the molecule is Oc1[nH]c2ccc(F)cc2c1C=NC1CCCCC1. The number of fused-ring (bicyclic) bond motifs is 1. The third-order valence-corrected chi connectivity index (χ3v) is 3.77. The molecule has 1 aromatic carbocycles. The van der Waals surface area contributed by atoms with E-state index in [0.29, 0.717) is 17.0 Å². The predicted molar refractivity (Wildman–Crippen MR) is 74.4 cm³/mol. The van der Waals surface area contributed by atoms with Gasteiger partial charge in [0.2, 0.25) is 0 Å². The Morgan fingerprint density at radius 1 is 1.26 bits per heavy atom. The Morgan fingerprint density at radius 3 is 2.84 bits per heavy atom. The van der Waals surface area contributed by atoms with Gasteiger partial charge >= 0.3 is 0 Å². The van der Waals surface area contributed by atoms with Crippen LogP contribution >= 0.6 is 0 Å². The lowest BCUT2D eigenvalue weighted by molar-refractivity contribution is 0.443. The van der Waals surface area contributed by atoms with E-state index in [1.807, 2.05) is 0 Å². The van der Waals surface area contributed by atoms with Gasteiger partial charge in [-0.15, -0.1) is 0 Å². The Kier molecular flexibility index (Phi) is 3.23. The van der Waals surface area contributed by atoms with E-state index in [9.17, 15) is 9.50 Å². The van der Waals surface area contributed by atoms with Gasteiger partial charge in [0.05, 0.1) is 5.56 Å². The minimum absolute atomic E-state index is 0.0557. The number of rotatable bonds is 2. The molecule has 0 radical (unpaired) electrons. The molecule has 2 N–H and O–H groups in total. The van der Waals surface area contributed by atoms with Crippen LogP contribution < -0.4 is 0 Å². The van der Waals surface area contributed by atoms with Gasteiger partial charge in [-0.3, -0.25) is 4.99 Å². The Morgan fingerprint density at radius 2 is 2.05 bits per heavy atom. The second kappa shape index (κ2) is 5.03. The van der Waals surface area contributed by atoms with Gasteiger partial charge in [-0.1, -0.05) is 19.3 Å².